The smallest absolute Gasteiger partial charge is 0.311 e. The van der Waals surface area contributed by atoms with Crippen LogP contribution in [0.25, 0.3) is 0 Å². The van der Waals surface area contributed by atoms with Crippen LogP contribution in [-0.2, 0) is 42.9 Å². The van der Waals surface area contributed by atoms with Gasteiger partial charge in [0.05, 0.1) is 35.6 Å². The molecule has 3 spiro atoms. The Hall–Kier alpha value is -1.88. The zero-order chi connectivity index (χ0) is 27.7. The van der Waals surface area contributed by atoms with Gasteiger partial charge in [0.25, 0.3) is 0 Å². The van der Waals surface area contributed by atoms with E-state index in [1.165, 1.54) is 0 Å². The van der Waals surface area contributed by atoms with E-state index in [9.17, 15) is 24.3 Å². The number of aliphatic hydroxyl groups is 1. The molecule has 0 unspecified atom stereocenters. The Labute approximate surface area is 226 Å². The molecule has 0 aromatic rings. The summed E-state index contributed by atoms with van der Waals surface area (Å²) >= 11 is 0. The lowest BCUT2D eigenvalue weighted by Gasteiger charge is -2.50. The number of hydrogen-bond acceptors (Lipinski definition) is 10. The summed E-state index contributed by atoms with van der Waals surface area (Å²) in [5.74, 6) is -6.35. The highest BCUT2D eigenvalue weighted by Gasteiger charge is 2.83. The molecular formula is C29H36O10. The highest BCUT2D eigenvalue weighted by Crippen LogP contribution is 2.71. The van der Waals surface area contributed by atoms with E-state index in [-0.39, 0.29) is 42.7 Å². The third kappa shape index (κ3) is 2.56. The molecule has 2 bridgehead atoms. The predicted molar refractivity (Wildman–Crippen MR) is 129 cm³/mol. The highest BCUT2D eigenvalue weighted by molar-refractivity contribution is 5.97. The van der Waals surface area contributed by atoms with E-state index in [1.54, 1.807) is 6.92 Å². The molecule has 8 fully saturated rings. The molecular weight excluding hydrogens is 508 g/mol. The molecule has 1 N–H and O–H groups in total. The molecule has 6 saturated heterocycles. The first kappa shape index (κ1) is 24.9. The Balaban J connectivity index is 1.32. The van der Waals surface area contributed by atoms with E-state index in [2.05, 4.69) is 0 Å². The second-order valence-electron chi connectivity index (χ2n) is 14.4. The number of carbonyl (C=O) groups excluding carboxylic acids is 4. The fraction of sp³-hybridized carbons (Fsp3) is 0.862. The molecule has 14 atom stereocenters. The first-order valence-corrected chi connectivity index (χ1v) is 14.5. The summed E-state index contributed by atoms with van der Waals surface area (Å²) in [7, 11) is 0. The molecule has 212 valence electrons. The lowest BCUT2D eigenvalue weighted by atomic mass is 9.60. The summed E-state index contributed by atoms with van der Waals surface area (Å²) in [4.78, 5) is 54.1. The lowest BCUT2D eigenvalue weighted by Crippen LogP contribution is -2.64. The highest BCUT2D eigenvalue weighted by atomic mass is 16.7. The Bertz CT molecular complexity index is 1240. The minimum absolute atomic E-state index is 0.0225. The minimum atomic E-state index is -1.80. The number of hydrogen-bond donors (Lipinski definition) is 1. The number of Topliss-reactive ketones (excluding diaryl/α,β-unsaturated/α-hetero) is 2. The van der Waals surface area contributed by atoms with E-state index in [0.717, 1.165) is 0 Å². The van der Waals surface area contributed by atoms with Gasteiger partial charge >= 0.3 is 11.9 Å². The number of esters is 2. The van der Waals surface area contributed by atoms with Crippen molar-refractivity contribution in [2.24, 2.45) is 40.9 Å². The van der Waals surface area contributed by atoms with Crippen molar-refractivity contribution in [1.29, 1.82) is 0 Å². The van der Waals surface area contributed by atoms with Gasteiger partial charge in [0, 0.05) is 35.5 Å². The minimum Gasteiger partial charge on any atom is -0.459 e. The predicted octanol–water partition coefficient (Wildman–Crippen LogP) is 1.48. The van der Waals surface area contributed by atoms with E-state index < -0.39 is 88.0 Å². The standard InChI is InChI=1S/C29H36O10/c1-11-17-20-19(12(2)24(34)35-20)38-29-21(17)26(5,22(11)32)6-7-27(39-29)10-28-14(8-13(30)18(27)23(29)33)25(3,4)36-15(28)9-16(31)37-28/h11-15,17-21,30H,6-10H2,1-5H3/t11-,12-,13+,14-,15+,17+,18+,19+,20+,21-,26-,27-,28+,29-/m1/s1. The molecule has 0 aromatic carbocycles. The zero-order valence-electron chi connectivity index (χ0n) is 22.9. The van der Waals surface area contributed by atoms with Crippen LogP contribution in [0.4, 0.5) is 0 Å². The van der Waals surface area contributed by atoms with Crippen LogP contribution in [0.15, 0.2) is 0 Å². The molecule has 8 rings (SSSR count). The van der Waals surface area contributed by atoms with Crippen molar-refractivity contribution in [2.45, 2.75) is 114 Å². The molecule has 10 heteroatoms. The van der Waals surface area contributed by atoms with Gasteiger partial charge in [-0.25, -0.2) is 0 Å². The average molecular weight is 545 g/mol. The molecule has 2 aliphatic carbocycles. The molecule has 6 aliphatic heterocycles. The van der Waals surface area contributed by atoms with Gasteiger partial charge in [-0.15, -0.1) is 0 Å². The quantitative estimate of drug-likeness (QED) is 0.447. The summed E-state index contributed by atoms with van der Waals surface area (Å²) in [6.45, 7) is 9.33. The first-order valence-electron chi connectivity index (χ1n) is 14.5. The van der Waals surface area contributed by atoms with Crippen molar-refractivity contribution in [3.05, 3.63) is 0 Å². The van der Waals surface area contributed by atoms with Crippen LogP contribution in [-0.4, -0.2) is 75.6 Å². The topological polar surface area (TPSA) is 135 Å². The Morgan fingerprint density at radius 1 is 0.923 bits per heavy atom. The van der Waals surface area contributed by atoms with E-state index in [1.807, 2.05) is 27.7 Å². The lowest BCUT2D eigenvalue weighted by molar-refractivity contribution is -0.331. The second-order valence-corrected chi connectivity index (χ2v) is 14.4. The van der Waals surface area contributed by atoms with E-state index in [4.69, 9.17) is 23.7 Å². The Morgan fingerprint density at radius 2 is 1.67 bits per heavy atom. The third-order valence-corrected chi connectivity index (χ3v) is 12.3. The fourth-order valence-corrected chi connectivity index (χ4v) is 10.8. The molecule has 6 heterocycles. The molecule has 0 amide bonds. The van der Waals surface area contributed by atoms with Gasteiger partial charge in [-0.05, 0) is 40.0 Å². The molecule has 0 aromatic heterocycles. The summed E-state index contributed by atoms with van der Waals surface area (Å²) in [5.41, 5.74) is -3.91. The summed E-state index contributed by atoms with van der Waals surface area (Å²) in [6, 6.07) is 0. The number of rotatable bonds is 0. The van der Waals surface area contributed by atoms with Gasteiger partial charge < -0.3 is 28.8 Å². The maximum atomic E-state index is 14.8. The summed E-state index contributed by atoms with van der Waals surface area (Å²) < 4.78 is 32.0. The van der Waals surface area contributed by atoms with Crippen molar-refractivity contribution in [3.63, 3.8) is 0 Å². The molecule has 2 saturated carbocycles. The van der Waals surface area contributed by atoms with Crippen molar-refractivity contribution >= 4 is 23.5 Å². The maximum Gasteiger partial charge on any atom is 0.311 e. The van der Waals surface area contributed by atoms with Crippen molar-refractivity contribution in [2.75, 3.05) is 0 Å². The number of carbonyl (C=O) groups is 4. The number of fused-ring (bicyclic) bond motifs is 2. The van der Waals surface area contributed by atoms with Crippen LogP contribution < -0.4 is 0 Å². The van der Waals surface area contributed by atoms with Crippen molar-refractivity contribution < 1.29 is 48.0 Å². The van der Waals surface area contributed by atoms with E-state index >= 15 is 0 Å². The zero-order valence-corrected chi connectivity index (χ0v) is 22.9. The van der Waals surface area contributed by atoms with Crippen LogP contribution in [0.1, 0.15) is 66.7 Å². The van der Waals surface area contributed by atoms with Crippen molar-refractivity contribution in [1.82, 2.24) is 0 Å². The number of aliphatic hydroxyl groups excluding tert-OH is 1. The van der Waals surface area contributed by atoms with Gasteiger partial charge in [0.15, 0.2) is 0 Å². The van der Waals surface area contributed by atoms with Gasteiger partial charge in [0.2, 0.25) is 11.6 Å². The van der Waals surface area contributed by atoms with Crippen molar-refractivity contribution in [3.8, 4) is 0 Å². The van der Waals surface area contributed by atoms with Gasteiger partial charge in [-0.2, -0.15) is 0 Å². The van der Waals surface area contributed by atoms with E-state index in [0.29, 0.717) is 12.8 Å². The van der Waals surface area contributed by atoms with Gasteiger partial charge in [0.1, 0.15) is 29.7 Å². The molecule has 8 aliphatic rings. The fourth-order valence-electron chi connectivity index (χ4n) is 10.8. The summed E-state index contributed by atoms with van der Waals surface area (Å²) in [5, 5.41) is 11.8. The average Bonchev–Trinajstić information content (AvgIpc) is 3.45. The van der Waals surface area contributed by atoms with Crippen LogP contribution in [0.2, 0.25) is 0 Å². The number of ether oxygens (including phenoxy) is 5. The molecule has 39 heavy (non-hydrogen) atoms. The van der Waals surface area contributed by atoms with Crippen LogP contribution >= 0.6 is 0 Å². The second kappa shape index (κ2) is 6.94. The van der Waals surface area contributed by atoms with Gasteiger partial charge in [-0.1, -0.05) is 13.8 Å². The molecule has 0 radical (unpaired) electrons. The van der Waals surface area contributed by atoms with Crippen LogP contribution in [0, 0.1) is 40.9 Å². The van der Waals surface area contributed by atoms with Gasteiger partial charge in [-0.3, -0.25) is 19.2 Å². The normalized spacial score (nSPS) is 59.9. The first-order chi connectivity index (χ1) is 18.2. The molecule has 10 nitrogen and oxygen atoms in total. The summed E-state index contributed by atoms with van der Waals surface area (Å²) in [6.07, 6.45) is -1.75. The Kier molecular flexibility index (Phi) is 4.43. The monoisotopic (exact) mass is 544 g/mol. The largest absolute Gasteiger partial charge is 0.459 e. The van der Waals surface area contributed by atoms with Crippen LogP contribution in [0.5, 0.6) is 0 Å². The SMILES string of the molecule is C[C@H]1C(=O)O[C@@H]2[C@H]1O[C@@]13O[C@]4(CC[C@@]5(C)C(=O)[C@H](C)[C@@H]2[C@@H]15)C[C@@]12OC(=O)C[C@@H]1OC(C)(C)[C@H]2C[C@H](O)[C@H]4C3=O. The van der Waals surface area contributed by atoms with Crippen LogP contribution in [0.3, 0.4) is 0 Å². The maximum absolute atomic E-state index is 14.8. The Morgan fingerprint density at radius 3 is 2.41 bits per heavy atom. The third-order valence-electron chi connectivity index (χ3n) is 12.3. The number of ketones is 2.